The molecule has 0 aromatic heterocycles. The second-order valence-electron chi connectivity index (χ2n) is 3.97. The first-order valence-electron chi connectivity index (χ1n) is 5.64. The molecule has 98 valence electrons. The van der Waals surface area contributed by atoms with Crippen LogP contribution in [-0.4, -0.2) is 39.3 Å². The average Bonchev–Trinajstić information content (AvgIpc) is 2.38. The van der Waals surface area contributed by atoms with E-state index in [1.54, 1.807) is 26.4 Å². The van der Waals surface area contributed by atoms with Crippen LogP contribution in [0.15, 0.2) is 18.2 Å². The number of hydrogen-bond acceptors (Lipinski definition) is 5. The van der Waals surface area contributed by atoms with Gasteiger partial charge < -0.3 is 18.9 Å². The van der Waals surface area contributed by atoms with E-state index in [2.05, 4.69) is 0 Å². The largest absolute Gasteiger partial charge is 0.493 e. The molecule has 0 spiro atoms. The SMILES string of the molecule is COc1cccc(OC)c1OC1CC(=O)C1OC. The third kappa shape index (κ3) is 2.13. The molecule has 2 atom stereocenters. The summed E-state index contributed by atoms with van der Waals surface area (Å²) in [6.45, 7) is 0. The maximum atomic E-state index is 11.3. The van der Waals surface area contributed by atoms with Crippen LogP contribution in [0, 0.1) is 0 Å². The summed E-state index contributed by atoms with van der Waals surface area (Å²) in [7, 11) is 4.61. The molecule has 1 aliphatic rings. The van der Waals surface area contributed by atoms with Crippen molar-refractivity contribution >= 4 is 5.78 Å². The molecule has 18 heavy (non-hydrogen) atoms. The maximum Gasteiger partial charge on any atom is 0.203 e. The number of ketones is 1. The first-order valence-corrected chi connectivity index (χ1v) is 5.64. The highest BCUT2D eigenvalue weighted by Crippen LogP contribution is 2.39. The lowest BCUT2D eigenvalue weighted by Crippen LogP contribution is -2.51. The Morgan fingerprint density at radius 1 is 1.11 bits per heavy atom. The van der Waals surface area contributed by atoms with Gasteiger partial charge in [-0.15, -0.1) is 0 Å². The van der Waals surface area contributed by atoms with Crippen LogP contribution in [0.3, 0.4) is 0 Å². The third-order valence-corrected chi connectivity index (χ3v) is 2.96. The summed E-state index contributed by atoms with van der Waals surface area (Å²) >= 11 is 0. The predicted molar refractivity (Wildman–Crippen MR) is 64.4 cm³/mol. The normalized spacial score (nSPS) is 22.3. The number of methoxy groups -OCH3 is 3. The Balaban J connectivity index is 2.20. The Morgan fingerprint density at radius 2 is 1.72 bits per heavy atom. The Kier molecular flexibility index (Phi) is 3.72. The molecule has 1 aliphatic carbocycles. The minimum atomic E-state index is -0.500. The van der Waals surface area contributed by atoms with E-state index in [0.29, 0.717) is 23.7 Å². The fourth-order valence-electron chi connectivity index (χ4n) is 1.94. The van der Waals surface area contributed by atoms with Crippen molar-refractivity contribution in [2.45, 2.75) is 18.6 Å². The molecule has 0 amide bonds. The monoisotopic (exact) mass is 252 g/mol. The molecule has 0 N–H and O–H groups in total. The summed E-state index contributed by atoms with van der Waals surface area (Å²) in [5.74, 6) is 1.70. The van der Waals surface area contributed by atoms with Crippen LogP contribution in [0.4, 0.5) is 0 Å². The van der Waals surface area contributed by atoms with Gasteiger partial charge in [0.25, 0.3) is 0 Å². The molecule has 1 fully saturated rings. The Bertz CT molecular complexity index is 421. The number of para-hydroxylation sites is 1. The minimum Gasteiger partial charge on any atom is -0.493 e. The molecule has 0 aliphatic heterocycles. The standard InChI is InChI=1S/C13H16O5/c1-15-9-5-4-6-10(16-2)13(9)18-11-7-8(14)12(11)17-3/h4-6,11-12H,7H2,1-3H3. The van der Waals surface area contributed by atoms with Crippen molar-refractivity contribution in [3.8, 4) is 17.2 Å². The highest BCUT2D eigenvalue weighted by molar-refractivity contribution is 5.90. The van der Waals surface area contributed by atoms with E-state index < -0.39 is 6.10 Å². The highest BCUT2D eigenvalue weighted by atomic mass is 16.6. The van der Waals surface area contributed by atoms with Crippen LogP contribution in [0.5, 0.6) is 17.2 Å². The van der Waals surface area contributed by atoms with Gasteiger partial charge in [0.2, 0.25) is 5.75 Å². The number of benzene rings is 1. The van der Waals surface area contributed by atoms with E-state index in [1.807, 2.05) is 6.07 Å². The molecule has 0 radical (unpaired) electrons. The van der Waals surface area contributed by atoms with E-state index in [1.165, 1.54) is 7.11 Å². The summed E-state index contributed by atoms with van der Waals surface area (Å²) in [5, 5.41) is 0. The van der Waals surface area contributed by atoms with Crippen LogP contribution in [0.2, 0.25) is 0 Å². The van der Waals surface area contributed by atoms with E-state index in [0.717, 1.165) is 0 Å². The number of Topliss-reactive ketones (excluding diaryl/α,β-unsaturated/α-hetero) is 1. The zero-order valence-corrected chi connectivity index (χ0v) is 10.6. The van der Waals surface area contributed by atoms with E-state index >= 15 is 0 Å². The number of ether oxygens (including phenoxy) is 4. The fraction of sp³-hybridized carbons (Fsp3) is 0.462. The van der Waals surface area contributed by atoms with Gasteiger partial charge in [-0.3, -0.25) is 4.79 Å². The van der Waals surface area contributed by atoms with Gasteiger partial charge in [0.15, 0.2) is 23.4 Å². The van der Waals surface area contributed by atoms with E-state index in [9.17, 15) is 4.79 Å². The van der Waals surface area contributed by atoms with Crippen LogP contribution in [0.1, 0.15) is 6.42 Å². The molecule has 1 aromatic carbocycles. The number of carbonyl (C=O) groups excluding carboxylic acids is 1. The quantitative estimate of drug-likeness (QED) is 0.793. The van der Waals surface area contributed by atoms with Crippen LogP contribution in [0.25, 0.3) is 0 Å². The lowest BCUT2D eigenvalue weighted by Gasteiger charge is -2.34. The summed E-state index contributed by atoms with van der Waals surface area (Å²) in [6, 6.07) is 5.37. The lowest BCUT2D eigenvalue weighted by molar-refractivity contribution is -0.151. The first kappa shape index (κ1) is 12.7. The van der Waals surface area contributed by atoms with Crippen LogP contribution < -0.4 is 14.2 Å². The highest BCUT2D eigenvalue weighted by Gasteiger charge is 2.42. The van der Waals surface area contributed by atoms with Crippen molar-refractivity contribution in [3.63, 3.8) is 0 Å². The van der Waals surface area contributed by atoms with Gasteiger partial charge in [0.05, 0.1) is 14.2 Å². The molecule has 0 bridgehead atoms. The van der Waals surface area contributed by atoms with Gasteiger partial charge in [-0.05, 0) is 12.1 Å². The number of carbonyl (C=O) groups is 1. The second-order valence-corrected chi connectivity index (χ2v) is 3.97. The molecular weight excluding hydrogens is 236 g/mol. The Morgan fingerprint density at radius 3 is 2.17 bits per heavy atom. The second kappa shape index (κ2) is 5.27. The van der Waals surface area contributed by atoms with Gasteiger partial charge in [-0.1, -0.05) is 6.07 Å². The maximum absolute atomic E-state index is 11.3. The molecule has 5 heteroatoms. The minimum absolute atomic E-state index is 0.0522. The van der Waals surface area contributed by atoms with Crippen molar-refractivity contribution in [2.24, 2.45) is 0 Å². The summed E-state index contributed by atoms with van der Waals surface area (Å²) in [4.78, 5) is 11.3. The van der Waals surface area contributed by atoms with Crippen molar-refractivity contribution in [2.75, 3.05) is 21.3 Å². The average molecular weight is 252 g/mol. The van der Waals surface area contributed by atoms with Crippen molar-refractivity contribution in [1.82, 2.24) is 0 Å². The molecular formula is C13H16O5. The summed E-state index contributed by atoms with van der Waals surface area (Å²) < 4.78 is 21.3. The molecule has 0 heterocycles. The molecule has 1 aromatic rings. The molecule has 2 unspecified atom stereocenters. The third-order valence-electron chi connectivity index (χ3n) is 2.96. The smallest absolute Gasteiger partial charge is 0.203 e. The zero-order valence-electron chi connectivity index (χ0n) is 10.6. The number of hydrogen-bond donors (Lipinski definition) is 0. The van der Waals surface area contributed by atoms with Gasteiger partial charge in [0, 0.05) is 13.5 Å². The van der Waals surface area contributed by atoms with Crippen LogP contribution in [-0.2, 0) is 9.53 Å². The lowest BCUT2D eigenvalue weighted by atomic mass is 9.90. The van der Waals surface area contributed by atoms with Gasteiger partial charge >= 0.3 is 0 Å². The zero-order chi connectivity index (χ0) is 13.1. The Labute approximate surface area is 106 Å². The van der Waals surface area contributed by atoms with Crippen molar-refractivity contribution in [1.29, 1.82) is 0 Å². The molecule has 0 saturated heterocycles. The van der Waals surface area contributed by atoms with Crippen LogP contribution >= 0.6 is 0 Å². The van der Waals surface area contributed by atoms with Crippen molar-refractivity contribution in [3.05, 3.63) is 18.2 Å². The first-order chi connectivity index (χ1) is 8.71. The topological polar surface area (TPSA) is 54.0 Å². The summed E-state index contributed by atoms with van der Waals surface area (Å²) in [5.41, 5.74) is 0. The molecule has 2 rings (SSSR count). The van der Waals surface area contributed by atoms with E-state index in [-0.39, 0.29) is 11.9 Å². The van der Waals surface area contributed by atoms with Gasteiger partial charge in [-0.2, -0.15) is 0 Å². The predicted octanol–water partition coefficient (Wildman–Crippen LogP) is 1.44. The number of rotatable bonds is 5. The van der Waals surface area contributed by atoms with Gasteiger partial charge in [0.1, 0.15) is 6.10 Å². The Hall–Kier alpha value is -1.75. The van der Waals surface area contributed by atoms with E-state index in [4.69, 9.17) is 18.9 Å². The molecule has 5 nitrogen and oxygen atoms in total. The van der Waals surface area contributed by atoms with Crippen molar-refractivity contribution < 1.29 is 23.7 Å². The fourth-order valence-corrected chi connectivity index (χ4v) is 1.94. The summed E-state index contributed by atoms with van der Waals surface area (Å²) in [6.07, 6.45) is -0.438. The van der Waals surface area contributed by atoms with Gasteiger partial charge in [-0.25, -0.2) is 0 Å². The molecule has 1 saturated carbocycles.